The fraction of sp³-hybridized carbons (Fsp3) is 1.00. The van der Waals surface area contributed by atoms with E-state index in [9.17, 15) is 0 Å². The largest absolute Gasteiger partial charge is 0.367 e. The Morgan fingerprint density at radius 2 is 1.22 bits per heavy atom. The highest BCUT2D eigenvalue weighted by molar-refractivity contribution is 8.03. The van der Waals surface area contributed by atoms with Crippen molar-refractivity contribution in [2.45, 2.75) is 26.1 Å². The van der Waals surface area contributed by atoms with E-state index in [1.165, 1.54) is 47.4 Å². The third-order valence-electron chi connectivity index (χ3n) is 2.00. The van der Waals surface area contributed by atoms with Crippen LogP contribution in [0.1, 0.15) is 19.8 Å². The Bertz CT molecular complexity index is 159. The zero-order valence-electron chi connectivity index (χ0n) is 11.2. The van der Waals surface area contributed by atoms with Gasteiger partial charge in [0.05, 0.1) is 0 Å². The van der Waals surface area contributed by atoms with E-state index in [4.69, 9.17) is 10.2 Å². The van der Waals surface area contributed by atoms with Gasteiger partial charge in [0, 0.05) is 17.3 Å². The molecule has 0 aliphatic rings. The molecular weight excluding hydrogens is 304 g/mol. The van der Waals surface area contributed by atoms with E-state index in [0.29, 0.717) is 5.75 Å². The smallest absolute Gasteiger partial charge is 0.160 e. The highest BCUT2D eigenvalue weighted by atomic mass is 32.2. The second-order valence-electron chi connectivity index (χ2n) is 3.68. The zero-order chi connectivity index (χ0) is 13.5. The SMILES string of the molecule is CCSCCCSCCSCCCSCC(O)O. The fourth-order valence-electron chi connectivity index (χ4n) is 1.18. The number of aliphatic hydroxyl groups is 2. The molecule has 2 nitrogen and oxygen atoms in total. The predicted octanol–water partition coefficient (Wildman–Crippen LogP) is 3.03. The Morgan fingerprint density at radius 1 is 0.722 bits per heavy atom. The molecule has 6 heteroatoms. The minimum Gasteiger partial charge on any atom is -0.367 e. The van der Waals surface area contributed by atoms with Gasteiger partial charge in [0.15, 0.2) is 6.29 Å². The lowest BCUT2D eigenvalue weighted by molar-refractivity contribution is -0.0186. The van der Waals surface area contributed by atoms with E-state index in [-0.39, 0.29) is 0 Å². The molecule has 0 aromatic heterocycles. The topological polar surface area (TPSA) is 40.5 Å². The fourth-order valence-corrected chi connectivity index (χ4v) is 4.96. The highest BCUT2D eigenvalue weighted by Gasteiger charge is 1.97. The maximum Gasteiger partial charge on any atom is 0.160 e. The van der Waals surface area contributed by atoms with E-state index in [0.717, 1.165) is 5.75 Å². The Balaban J connectivity index is 2.90. The first kappa shape index (κ1) is 19.3. The van der Waals surface area contributed by atoms with Crippen LogP contribution in [0.5, 0.6) is 0 Å². The zero-order valence-corrected chi connectivity index (χ0v) is 14.4. The van der Waals surface area contributed by atoms with Crippen molar-refractivity contribution in [3.05, 3.63) is 0 Å². The van der Waals surface area contributed by atoms with Crippen molar-refractivity contribution in [2.75, 3.05) is 46.0 Å². The second-order valence-corrected chi connectivity index (χ2v) is 8.68. The Morgan fingerprint density at radius 3 is 1.72 bits per heavy atom. The quantitative estimate of drug-likeness (QED) is 0.377. The molecule has 0 amide bonds. The van der Waals surface area contributed by atoms with E-state index >= 15 is 0 Å². The molecule has 0 heterocycles. The van der Waals surface area contributed by atoms with Crippen LogP contribution in [0.2, 0.25) is 0 Å². The minimum atomic E-state index is -1.15. The lowest BCUT2D eigenvalue weighted by Crippen LogP contribution is -2.07. The number of hydrogen-bond acceptors (Lipinski definition) is 6. The molecule has 0 unspecified atom stereocenters. The van der Waals surface area contributed by atoms with Crippen LogP contribution in [0.3, 0.4) is 0 Å². The molecule has 0 aromatic carbocycles. The van der Waals surface area contributed by atoms with E-state index in [1.54, 1.807) is 11.8 Å². The summed E-state index contributed by atoms with van der Waals surface area (Å²) in [6, 6.07) is 0. The van der Waals surface area contributed by atoms with Gasteiger partial charge >= 0.3 is 0 Å². The molecule has 2 N–H and O–H groups in total. The van der Waals surface area contributed by atoms with Gasteiger partial charge in [-0.2, -0.15) is 47.0 Å². The normalized spacial score (nSPS) is 11.3. The summed E-state index contributed by atoms with van der Waals surface area (Å²) in [5.74, 6) is 9.04. The van der Waals surface area contributed by atoms with Crippen LogP contribution in [0.15, 0.2) is 0 Å². The molecule has 0 saturated carbocycles. The van der Waals surface area contributed by atoms with Crippen molar-refractivity contribution >= 4 is 47.0 Å². The molecule has 0 bridgehead atoms. The molecule has 110 valence electrons. The summed E-state index contributed by atoms with van der Waals surface area (Å²) in [6.45, 7) is 2.22. The summed E-state index contributed by atoms with van der Waals surface area (Å²) in [4.78, 5) is 0. The first-order valence-electron chi connectivity index (χ1n) is 6.44. The van der Waals surface area contributed by atoms with Gasteiger partial charge in [-0.25, -0.2) is 0 Å². The van der Waals surface area contributed by atoms with Crippen molar-refractivity contribution < 1.29 is 10.2 Å². The molecule has 0 saturated heterocycles. The van der Waals surface area contributed by atoms with Gasteiger partial charge < -0.3 is 10.2 Å². The van der Waals surface area contributed by atoms with Crippen LogP contribution >= 0.6 is 47.0 Å². The summed E-state index contributed by atoms with van der Waals surface area (Å²) in [5.41, 5.74) is 0. The monoisotopic (exact) mass is 330 g/mol. The highest BCUT2D eigenvalue weighted by Crippen LogP contribution is 2.12. The Labute approximate surface area is 129 Å². The Kier molecular flexibility index (Phi) is 17.6. The molecule has 0 fully saturated rings. The van der Waals surface area contributed by atoms with Crippen molar-refractivity contribution in [1.82, 2.24) is 0 Å². The first-order valence-corrected chi connectivity index (χ1v) is 11.1. The summed E-state index contributed by atoms with van der Waals surface area (Å²) < 4.78 is 0. The molecule has 0 aliphatic heterocycles. The molecular formula is C12H26O2S4. The van der Waals surface area contributed by atoms with Gasteiger partial charge in [-0.05, 0) is 41.6 Å². The summed E-state index contributed by atoms with van der Waals surface area (Å²) in [7, 11) is 0. The van der Waals surface area contributed by atoms with Crippen LogP contribution in [0.4, 0.5) is 0 Å². The first-order chi connectivity index (χ1) is 8.77. The number of thioether (sulfide) groups is 4. The van der Waals surface area contributed by atoms with E-state index in [1.807, 2.05) is 23.5 Å². The summed E-state index contributed by atoms with van der Waals surface area (Å²) in [6.07, 6.45) is 1.36. The predicted molar refractivity (Wildman–Crippen MR) is 92.4 cm³/mol. The number of rotatable bonds is 14. The van der Waals surface area contributed by atoms with Gasteiger partial charge in [0.25, 0.3) is 0 Å². The van der Waals surface area contributed by atoms with E-state index in [2.05, 4.69) is 18.7 Å². The van der Waals surface area contributed by atoms with Crippen LogP contribution in [-0.4, -0.2) is 62.5 Å². The van der Waals surface area contributed by atoms with Crippen molar-refractivity contribution in [2.24, 2.45) is 0 Å². The summed E-state index contributed by atoms with van der Waals surface area (Å²) >= 11 is 7.74. The minimum absolute atomic E-state index is 0.441. The average molecular weight is 331 g/mol. The van der Waals surface area contributed by atoms with Crippen molar-refractivity contribution in [3.63, 3.8) is 0 Å². The maximum atomic E-state index is 8.65. The van der Waals surface area contributed by atoms with Crippen molar-refractivity contribution in [1.29, 1.82) is 0 Å². The van der Waals surface area contributed by atoms with Crippen LogP contribution in [0, 0.1) is 0 Å². The molecule has 0 aliphatic carbocycles. The van der Waals surface area contributed by atoms with Gasteiger partial charge in [-0.1, -0.05) is 6.92 Å². The van der Waals surface area contributed by atoms with Crippen LogP contribution < -0.4 is 0 Å². The van der Waals surface area contributed by atoms with E-state index < -0.39 is 6.29 Å². The van der Waals surface area contributed by atoms with Gasteiger partial charge in [0.2, 0.25) is 0 Å². The van der Waals surface area contributed by atoms with Gasteiger partial charge in [-0.3, -0.25) is 0 Å². The maximum absolute atomic E-state index is 8.65. The third kappa shape index (κ3) is 17.3. The van der Waals surface area contributed by atoms with Crippen molar-refractivity contribution in [3.8, 4) is 0 Å². The number of hydrogen-bond donors (Lipinski definition) is 2. The second kappa shape index (κ2) is 16.4. The lowest BCUT2D eigenvalue weighted by atomic mass is 10.6. The van der Waals surface area contributed by atoms with Crippen LogP contribution in [0.25, 0.3) is 0 Å². The summed E-state index contributed by atoms with van der Waals surface area (Å²) in [5, 5.41) is 17.3. The molecule has 0 atom stereocenters. The average Bonchev–Trinajstić information content (AvgIpc) is 2.34. The standard InChI is InChI=1S/C12H26O2S4/c1-2-15-5-3-6-16-9-10-17-7-4-8-18-11-12(13)14/h12-14H,2-11H2,1H3. The molecule has 0 rings (SSSR count). The molecule has 18 heavy (non-hydrogen) atoms. The molecule has 0 radical (unpaired) electrons. The third-order valence-corrected chi connectivity index (χ3v) is 6.49. The Hall–Kier alpha value is 1.32. The van der Waals surface area contributed by atoms with Gasteiger partial charge in [0.1, 0.15) is 0 Å². The molecule has 0 aromatic rings. The lowest BCUT2D eigenvalue weighted by Gasteiger charge is -2.04. The van der Waals surface area contributed by atoms with Crippen LogP contribution in [-0.2, 0) is 0 Å². The van der Waals surface area contributed by atoms with Gasteiger partial charge in [-0.15, -0.1) is 0 Å². The number of aliphatic hydroxyl groups excluding tert-OH is 1. The molecule has 0 spiro atoms.